The maximum Gasteiger partial charge on any atom is 0.0205 e. The molecule has 0 saturated heterocycles. The van der Waals surface area contributed by atoms with Crippen molar-refractivity contribution in [2.45, 2.75) is 6.92 Å². The molecule has 52 valence electrons. The number of hydrogen-bond donors (Lipinski definition) is 0. The maximum absolute atomic E-state index is 3.72. The van der Waals surface area contributed by atoms with Gasteiger partial charge in [-0.05, 0) is 41.1 Å². The van der Waals surface area contributed by atoms with Crippen LogP contribution in [-0.4, -0.2) is 0 Å². The highest BCUT2D eigenvalue weighted by atomic mass is 127. The first-order valence-corrected chi connectivity index (χ1v) is 4.20. The molecule has 0 amide bonds. The third kappa shape index (κ3) is 1.59. The number of halogens is 1. The van der Waals surface area contributed by atoms with Gasteiger partial charge in [0.25, 0.3) is 0 Å². The van der Waals surface area contributed by atoms with Crippen molar-refractivity contribution in [3.8, 4) is 0 Å². The molecule has 1 rings (SSSR count). The van der Waals surface area contributed by atoms with E-state index in [9.17, 15) is 0 Å². The Bertz CT molecular complexity index is 251. The van der Waals surface area contributed by atoms with E-state index in [2.05, 4.69) is 54.3 Å². The van der Waals surface area contributed by atoms with Crippen LogP contribution >= 0.6 is 22.6 Å². The Morgan fingerprint density at radius 3 is 2.70 bits per heavy atom. The SMILES string of the molecule is C=Cc1ccc(C)cc1I. The molecule has 0 nitrogen and oxygen atoms in total. The van der Waals surface area contributed by atoms with E-state index in [4.69, 9.17) is 0 Å². The summed E-state index contributed by atoms with van der Waals surface area (Å²) in [6.45, 7) is 5.81. The van der Waals surface area contributed by atoms with E-state index in [0.29, 0.717) is 0 Å². The molecule has 10 heavy (non-hydrogen) atoms. The van der Waals surface area contributed by atoms with E-state index in [1.165, 1.54) is 14.7 Å². The van der Waals surface area contributed by atoms with E-state index >= 15 is 0 Å². The Morgan fingerprint density at radius 1 is 1.50 bits per heavy atom. The average Bonchev–Trinajstić information content (AvgIpc) is 1.88. The maximum atomic E-state index is 3.72. The van der Waals surface area contributed by atoms with Gasteiger partial charge in [0.15, 0.2) is 0 Å². The smallest absolute Gasteiger partial charge is 0.0205 e. The second-order valence-electron chi connectivity index (χ2n) is 2.23. The molecule has 0 unspecified atom stereocenters. The second kappa shape index (κ2) is 3.19. The van der Waals surface area contributed by atoms with Crippen molar-refractivity contribution in [1.29, 1.82) is 0 Å². The van der Waals surface area contributed by atoms with Gasteiger partial charge in [-0.15, -0.1) is 0 Å². The fourth-order valence-corrected chi connectivity index (χ4v) is 1.69. The van der Waals surface area contributed by atoms with Crippen LogP contribution in [0, 0.1) is 10.5 Å². The van der Waals surface area contributed by atoms with Crippen molar-refractivity contribution in [3.63, 3.8) is 0 Å². The Hall–Kier alpha value is -0.310. The lowest BCUT2D eigenvalue weighted by Gasteiger charge is -1.97. The zero-order valence-corrected chi connectivity index (χ0v) is 8.05. The highest BCUT2D eigenvalue weighted by Gasteiger charge is 1.92. The summed E-state index contributed by atoms with van der Waals surface area (Å²) in [5, 5.41) is 0. The largest absolute Gasteiger partial charge is 0.0984 e. The first-order valence-electron chi connectivity index (χ1n) is 3.12. The van der Waals surface area contributed by atoms with Gasteiger partial charge in [0, 0.05) is 3.57 Å². The Morgan fingerprint density at radius 2 is 2.20 bits per heavy atom. The Kier molecular flexibility index (Phi) is 2.49. The minimum atomic E-state index is 1.21. The molecular formula is C9H9I. The highest BCUT2D eigenvalue weighted by Crippen LogP contribution is 2.14. The summed E-state index contributed by atoms with van der Waals surface area (Å²) >= 11 is 2.31. The Balaban J connectivity index is 3.19. The quantitative estimate of drug-likeness (QED) is 0.665. The number of benzene rings is 1. The molecule has 0 heterocycles. The molecule has 0 aliphatic rings. The zero-order valence-electron chi connectivity index (χ0n) is 5.89. The van der Waals surface area contributed by atoms with E-state index in [0.717, 1.165) is 0 Å². The van der Waals surface area contributed by atoms with Crippen LogP contribution in [0.2, 0.25) is 0 Å². The van der Waals surface area contributed by atoms with Crippen LogP contribution in [0.15, 0.2) is 24.8 Å². The average molecular weight is 244 g/mol. The molecule has 0 aliphatic carbocycles. The first-order chi connectivity index (χ1) is 4.74. The van der Waals surface area contributed by atoms with Gasteiger partial charge >= 0.3 is 0 Å². The first kappa shape index (κ1) is 7.79. The number of aryl methyl sites for hydroxylation is 1. The highest BCUT2D eigenvalue weighted by molar-refractivity contribution is 14.1. The summed E-state index contributed by atoms with van der Waals surface area (Å²) in [5.41, 5.74) is 2.52. The van der Waals surface area contributed by atoms with Gasteiger partial charge in [0.1, 0.15) is 0 Å². The second-order valence-corrected chi connectivity index (χ2v) is 3.39. The molecule has 0 atom stereocenters. The van der Waals surface area contributed by atoms with Crippen LogP contribution < -0.4 is 0 Å². The normalized spacial score (nSPS) is 9.40. The van der Waals surface area contributed by atoms with Crippen molar-refractivity contribution in [2.75, 3.05) is 0 Å². The minimum absolute atomic E-state index is 1.21. The van der Waals surface area contributed by atoms with Gasteiger partial charge in [-0.3, -0.25) is 0 Å². The molecule has 0 aliphatic heterocycles. The van der Waals surface area contributed by atoms with Gasteiger partial charge in [-0.25, -0.2) is 0 Å². The van der Waals surface area contributed by atoms with Crippen LogP contribution in [-0.2, 0) is 0 Å². The minimum Gasteiger partial charge on any atom is -0.0984 e. The number of rotatable bonds is 1. The van der Waals surface area contributed by atoms with Gasteiger partial charge in [0.05, 0.1) is 0 Å². The topological polar surface area (TPSA) is 0 Å². The molecule has 1 aromatic carbocycles. The summed E-state index contributed by atoms with van der Waals surface area (Å²) in [6, 6.07) is 6.33. The van der Waals surface area contributed by atoms with Crippen molar-refractivity contribution in [3.05, 3.63) is 39.5 Å². The zero-order chi connectivity index (χ0) is 7.56. The van der Waals surface area contributed by atoms with Crippen molar-refractivity contribution in [2.24, 2.45) is 0 Å². The fraction of sp³-hybridized carbons (Fsp3) is 0.111. The van der Waals surface area contributed by atoms with E-state index in [1.807, 2.05) is 6.08 Å². The van der Waals surface area contributed by atoms with Crippen molar-refractivity contribution < 1.29 is 0 Å². The molecule has 1 aromatic rings. The Labute approximate surface area is 75.1 Å². The van der Waals surface area contributed by atoms with Crippen LogP contribution in [0.3, 0.4) is 0 Å². The summed E-state index contributed by atoms with van der Waals surface area (Å²) in [6.07, 6.45) is 1.88. The van der Waals surface area contributed by atoms with Gasteiger partial charge < -0.3 is 0 Å². The molecular weight excluding hydrogens is 235 g/mol. The molecule has 0 N–H and O–H groups in total. The summed E-state index contributed by atoms with van der Waals surface area (Å²) in [7, 11) is 0. The summed E-state index contributed by atoms with van der Waals surface area (Å²) < 4.78 is 1.27. The van der Waals surface area contributed by atoms with Gasteiger partial charge in [0.2, 0.25) is 0 Å². The lowest BCUT2D eigenvalue weighted by Crippen LogP contribution is -1.79. The lowest BCUT2D eigenvalue weighted by atomic mass is 10.1. The van der Waals surface area contributed by atoms with E-state index in [1.54, 1.807) is 0 Å². The predicted octanol–water partition coefficient (Wildman–Crippen LogP) is 3.24. The molecule has 0 spiro atoms. The monoisotopic (exact) mass is 244 g/mol. The number of hydrogen-bond acceptors (Lipinski definition) is 0. The van der Waals surface area contributed by atoms with Crippen molar-refractivity contribution in [1.82, 2.24) is 0 Å². The van der Waals surface area contributed by atoms with E-state index in [-0.39, 0.29) is 0 Å². The van der Waals surface area contributed by atoms with Gasteiger partial charge in [-0.1, -0.05) is 30.4 Å². The molecule has 0 saturated carbocycles. The molecule has 0 aromatic heterocycles. The molecule has 0 fully saturated rings. The van der Waals surface area contributed by atoms with Crippen LogP contribution in [0.25, 0.3) is 6.08 Å². The van der Waals surface area contributed by atoms with E-state index < -0.39 is 0 Å². The van der Waals surface area contributed by atoms with Gasteiger partial charge in [-0.2, -0.15) is 0 Å². The van der Waals surface area contributed by atoms with Crippen LogP contribution in [0.1, 0.15) is 11.1 Å². The van der Waals surface area contributed by atoms with Crippen molar-refractivity contribution >= 4 is 28.7 Å². The fourth-order valence-electron chi connectivity index (χ4n) is 0.798. The van der Waals surface area contributed by atoms with Crippen LogP contribution in [0.5, 0.6) is 0 Å². The molecule has 0 radical (unpaired) electrons. The third-order valence-corrected chi connectivity index (χ3v) is 2.31. The van der Waals surface area contributed by atoms with Crippen LogP contribution in [0.4, 0.5) is 0 Å². The lowest BCUT2D eigenvalue weighted by molar-refractivity contribution is 1.44. The summed E-state index contributed by atoms with van der Waals surface area (Å²) in [4.78, 5) is 0. The molecule has 0 bridgehead atoms. The summed E-state index contributed by atoms with van der Waals surface area (Å²) in [5.74, 6) is 0. The predicted molar refractivity (Wildman–Crippen MR) is 54.0 cm³/mol. The third-order valence-electron chi connectivity index (χ3n) is 1.38. The standard InChI is InChI=1S/C9H9I/c1-3-8-5-4-7(2)6-9(8)10/h3-6H,1H2,2H3. The molecule has 1 heteroatoms.